The Hall–Kier alpha value is -1.83. The van der Waals surface area contributed by atoms with Crippen molar-refractivity contribution in [1.29, 1.82) is 0 Å². The quantitative estimate of drug-likeness (QED) is 0.584. The Morgan fingerprint density at radius 3 is 2.60 bits per heavy atom. The van der Waals surface area contributed by atoms with Crippen LogP contribution in [0.15, 0.2) is 30.3 Å². The van der Waals surface area contributed by atoms with Crippen molar-refractivity contribution in [1.82, 2.24) is 0 Å². The maximum absolute atomic E-state index is 14.4. The van der Waals surface area contributed by atoms with Gasteiger partial charge in [0.1, 0.15) is 0 Å². The zero-order valence-corrected chi connectivity index (χ0v) is 17.1. The highest BCUT2D eigenvalue weighted by Gasteiger charge is 2.68. The van der Waals surface area contributed by atoms with E-state index >= 15 is 0 Å². The van der Waals surface area contributed by atoms with Gasteiger partial charge in [-0.2, -0.15) is 13.2 Å². The number of anilines is 1. The molecule has 160 valence electrons. The highest BCUT2D eigenvalue weighted by molar-refractivity contribution is 6.35. The van der Waals surface area contributed by atoms with Crippen molar-refractivity contribution in [2.75, 3.05) is 11.4 Å². The minimum atomic E-state index is -5.13. The van der Waals surface area contributed by atoms with E-state index in [1.165, 1.54) is 23.1 Å². The molecule has 4 rings (SSSR count). The molecule has 0 saturated heterocycles. The number of benzene rings is 2. The first-order chi connectivity index (χ1) is 14.0. The molecule has 1 heterocycles. The van der Waals surface area contributed by atoms with E-state index in [2.05, 4.69) is 0 Å². The summed E-state index contributed by atoms with van der Waals surface area (Å²) in [6.45, 7) is 0.357. The summed E-state index contributed by atoms with van der Waals surface area (Å²) < 4.78 is 54.2. The molecule has 1 N–H and O–H groups in total. The number of amides is 1. The van der Waals surface area contributed by atoms with Gasteiger partial charge in [-0.25, -0.2) is 4.39 Å². The largest absolute Gasteiger partial charge is 0.424 e. The molecule has 9 heteroatoms. The number of alkyl halides is 4. The number of nitrogens with zero attached hydrogens (tertiary/aromatic N) is 1. The van der Waals surface area contributed by atoms with E-state index in [-0.39, 0.29) is 17.9 Å². The molecule has 0 radical (unpaired) electrons. The lowest BCUT2D eigenvalue weighted by Gasteiger charge is -2.44. The number of halogens is 6. The molecular weight excluding hydrogens is 445 g/mol. The van der Waals surface area contributed by atoms with Gasteiger partial charge >= 0.3 is 6.18 Å². The molecule has 0 spiro atoms. The van der Waals surface area contributed by atoms with Gasteiger partial charge in [0.15, 0.2) is 6.17 Å². The molecule has 30 heavy (non-hydrogen) atoms. The second-order valence-corrected chi connectivity index (χ2v) is 8.45. The summed E-state index contributed by atoms with van der Waals surface area (Å²) in [7, 11) is 0. The normalized spacial score (nSPS) is 23.3. The number of rotatable bonds is 2. The second-order valence-electron chi connectivity index (χ2n) is 7.61. The maximum Gasteiger partial charge on any atom is 0.424 e. The number of aliphatic hydroxyl groups is 1. The molecule has 1 unspecified atom stereocenters. The third kappa shape index (κ3) is 3.27. The van der Waals surface area contributed by atoms with Crippen LogP contribution in [0.4, 0.5) is 23.2 Å². The standard InChI is InChI=1S/C21H17Cl2F4NO2/c22-13-5-4-11(16(23)9-13)8-18(29)28-6-2-1-3-12-7-15-14(10-17(12)28)19(24)20(15,30)21(25,26)27/h4-5,7,9-10,19,30H,1-3,6,8H2/t19-,20?/m1/s1. The minimum absolute atomic E-state index is 0.0297. The number of aryl methyl sites for hydroxylation is 1. The molecule has 2 atom stereocenters. The lowest BCUT2D eigenvalue weighted by atomic mass is 9.70. The van der Waals surface area contributed by atoms with Crippen LogP contribution in [0, 0.1) is 0 Å². The Morgan fingerprint density at radius 2 is 1.93 bits per heavy atom. The van der Waals surface area contributed by atoms with E-state index in [0.29, 0.717) is 52.7 Å². The van der Waals surface area contributed by atoms with Crippen LogP contribution >= 0.6 is 23.2 Å². The summed E-state index contributed by atoms with van der Waals surface area (Å²) in [5, 5.41) is 10.7. The minimum Gasteiger partial charge on any atom is -0.374 e. The SMILES string of the molecule is O=C(Cc1ccc(Cl)cc1Cl)N1CCCCc2cc3c(cc21)[C@@H](F)C3(O)C(F)(F)F. The Kier molecular flexibility index (Phi) is 5.27. The molecule has 2 aliphatic rings. The monoisotopic (exact) mass is 461 g/mol. The predicted molar refractivity (Wildman–Crippen MR) is 106 cm³/mol. The van der Waals surface area contributed by atoms with Crippen LogP contribution in [0.1, 0.15) is 41.3 Å². The Morgan fingerprint density at radius 1 is 1.20 bits per heavy atom. The van der Waals surface area contributed by atoms with Crippen LogP contribution in [0.25, 0.3) is 0 Å². The average Bonchev–Trinajstić information content (AvgIpc) is 2.89. The lowest BCUT2D eigenvalue weighted by molar-refractivity contribution is -0.302. The van der Waals surface area contributed by atoms with Crippen molar-refractivity contribution in [2.24, 2.45) is 0 Å². The first-order valence-electron chi connectivity index (χ1n) is 9.39. The van der Waals surface area contributed by atoms with E-state index < -0.39 is 23.5 Å². The summed E-state index contributed by atoms with van der Waals surface area (Å²) in [6, 6.07) is 7.23. The van der Waals surface area contributed by atoms with Crippen molar-refractivity contribution in [3.8, 4) is 0 Å². The van der Waals surface area contributed by atoms with E-state index in [1.807, 2.05) is 0 Å². The lowest BCUT2D eigenvalue weighted by Crippen LogP contribution is -2.53. The zero-order valence-electron chi connectivity index (χ0n) is 15.6. The highest BCUT2D eigenvalue weighted by Crippen LogP contribution is 2.60. The van der Waals surface area contributed by atoms with Crippen LogP contribution < -0.4 is 4.90 Å². The number of carbonyl (C=O) groups excluding carboxylic acids is 1. The van der Waals surface area contributed by atoms with E-state index in [0.717, 1.165) is 0 Å². The summed E-state index contributed by atoms with van der Waals surface area (Å²) in [4.78, 5) is 14.5. The summed E-state index contributed by atoms with van der Waals surface area (Å²) in [6.07, 6.45) is -6.03. The molecule has 0 saturated carbocycles. The second kappa shape index (κ2) is 7.39. The fourth-order valence-electron chi connectivity index (χ4n) is 4.11. The third-order valence-electron chi connectivity index (χ3n) is 5.76. The average molecular weight is 462 g/mol. The van der Waals surface area contributed by atoms with Crippen molar-refractivity contribution in [3.05, 3.63) is 62.6 Å². The van der Waals surface area contributed by atoms with Gasteiger partial charge in [0.05, 0.1) is 6.42 Å². The fraction of sp³-hybridized carbons (Fsp3) is 0.381. The topological polar surface area (TPSA) is 40.5 Å². The van der Waals surface area contributed by atoms with Gasteiger partial charge in [-0.3, -0.25) is 4.79 Å². The van der Waals surface area contributed by atoms with Crippen LogP contribution in [0.5, 0.6) is 0 Å². The van der Waals surface area contributed by atoms with Gasteiger partial charge < -0.3 is 10.0 Å². The Bertz CT molecular complexity index is 1030. The molecule has 1 aliphatic heterocycles. The molecule has 1 aliphatic carbocycles. The first kappa shape index (κ1) is 21.4. The van der Waals surface area contributed by atoms with E-state index in [4.69, 9.17) is 23.2 Å². The van der Waals surface area contributed by atoms with Gasteiger partial charge in [-0.15, -0.1) is 0 Å². The van der Waals surface area contributed by atoms with Crippen LogP contribution in [-0.4, -0.2) is 23.7 Å². The molecule has 0 aromatic heterocycles. The van der Waals surface area contributed by atoms with Gasteiger partial charge in [0.2, 0.25) is 11.5 Å². The van der Waals surface area contributed by atoms with Gasteiger partial charge in [-0.1, -0.05) is 29.3 Å². The molecule has 1 amide bonds. The molecule has 2 aromatic carbocycles. The predicted octanol–water partition coefficient (Wildman–Crippen LogP) is 5.68. The summed E-state index contributed by atoms with van der Waals surface area (Å²) in [5.41, 5.74) is -2.79. The van der Waals surface area contributed by atoms with E-state index in [9.17, 15) is 27.5 Å². The van der Waals surface area contributed by atoms with Crippen LogP contribution in [0.2, 0.25) is 10.0 Å². The summed E-state index contributed by atoms with van der Waals surface area (Å²) in [5.74, 6) is -0.303. The van der Waals surface area contributed by atoms with Crippen molar-refractivity contribution < 1.29 is 27.5 Å². The molecule has 0 bridgehead atoms. The van der Waals surface area contributed by atoms with Gasteiger partial charge in [0, 0.05) is 27.8 Å². The van der Waals surface area contributed by atoms with Crippen LogP contribution in [-0.2, 0) is 23.2 Å². The summed E-state index contributed by atoms with van der Waals surface area (Å²) >= 11 is 12.0. The number of hydrogen-bond acceptors (Lipinski definition) is 2. The molecule has 2 aromatic rings. The first-order valence-corrected chi connectivity index (χ1v) is 10.1. The number of carbonyl (C=O) groups is 1. The molecule has 0 fully saturated rings. The van der Waals surface area contributed by atoms with Crippen LogP contribution in [0.3, 0.4) is 0 Å². The number of hydrogen-bond donors (Lipinski definition) is 1. The maximum atomic E-state index is 14.4. The van der Waals surface area contributed by atoms with Gasteiger partial charge in [-0.05, 0) is 60.2 Å². The zero-order chi connectivity index (χ0) is 21.8. The van der Waals surface area contributed by atoms with E-state index in [1.54, 1.807) is 12.1 Å². The van der Waals surface area contributed by atoms with Crippen molar-refractivity contribution >= 4 is 34.8 Å². The molecular formula is C21H17Cl2F4NO2. The fourth-order valence-corrected chi connectivity index (χ4v) is 4.58. The smallest absolute Gasteiger partial charge is 0.374 e. The Labute approximate surface area is 180 Å². The third-order valence-corrected chi connectivity index (χ3v) is 6.35. The number of fused-ring (bicyclic) bond motifs is 2. The van der Waals surface area contributed by atoms with Crippen molar-refractivity contribution in [2.45, 2.75) is 43.6 Å². The van der Waals surface area contributed by atoms with Gasteiger partial charge in [0.25, 0.3) is 0 Å². The molecule has 3 nitrogen and oxygen atoms in total. The highest BCUT2D eigenvalue weighted by atomic mass is 35.5. The van der Waals surface area contributed by atoms with Crippen molar-refractivity contribution in [3.63, 3.8) is 0 Å². The Balaban J connectivity index is 1.70.